The molecule has 6 nitrogen and oxygen atoms in total. The average molecular weight is 1770 g/mol. The van der Waals surface area contributed by atoms with Crippen molar-refractivity contribution in [2.45, 2.75) is 297 Å². The third-order valence-corrected chi connectivity index (χ3v) is 52.5. The summed E-state index contributed by atoms with van der Waals surface area (Å²) >= 11 is 16.0. The summed E-state index contributed by atoms with van der Waals surface area (Å²) in [5, 5.41) is 7.14. The van der Waals surface area contributed by atoms with Crippen LogP contribution >= 0.6 is 99.9 Å². The van der Waals surface area contributed by atoms with E-state index in [-0.39, 0.29) is 23.6 Å². The Morgan fingerprint density at radius 3 is 1.04 bits per heavy atom. The number of thiophene rings is 6. The van der Waals surface area contributed by atoms with E-state index in [1.165, 1.54) is 163 Å². The van der Waals surface area contributed by atoms with Gasteiger partial charge in [-0.1, -0.05) is 145 Å². The Labute approximate surface area is 656 Å². The van der Waals surface area contributed by atoms with Gasteiger partial charge in [-0.2, -0.15) is 0 Å². The molecule has 6 unspecified atom stereocenters. The Morgan fingerprint density at radius 1 is 0.386 bits per heavy atom. The molecule has 0 aromatic carbocycles. The molecule has 10 rings (SSSR count). The molecule has 4 amide bonds. The molecule has 0 aliphatic carbocycles. The van der Waals surface area contributed by atoms with Crippen molar-refractivity contribution in [1.82, 2.24) is 9.80 Å². The van der Waals surface area contributed by atoms with Crippen molar-refractivity contribution in [3.8, 4) is 29.3 Å². The number of carbonyl (C=O) groups is 4. The van der Waals surface area contributed by atoms with Crippen LogP contribution < -0.4 is 23.6 Å². The minimum atomic E-state index is -2.09. The zero-order valence-electron chi connectivity index (χ0n) is 65.0. The van der Waals surface area contributed by atoms with Crippen LogP contribution in [0, 0.1) is 56.3 Å². The third-order valence-electron chi connectivity index (χ3n) is 23.0. The molecular weight excluding hydrogens is 1640 g/mol. The van der Waals surface area contributed by atoms with E-state index in [0.29, 0.717) is 47.2 Å². The van der Waals surface area contributed by atoms with Crippen molar-refractivity contribution >= 4 is 182 Å². The minimum Gasteiger partial charge on any atom is 0 e. The number of aryl methyl sites for hydroxylation is 3. The molecule has 6 aromatic rings. The van der Waals surface area contributed by atoms with Gasteiger partial charge in [0.2, 0.25) is 0 Å². The Bertz CT molecular complexity index is 3620. The zero-order chi connectivity index (χ0) is 74.3. The Morgan fingerprint density at radius 2 is 0.693 bits per heavy atom. The average Bonchev–Trinajstić information content (AvgIpc) is 1.55. The van der Waals surface area contributed by atoms with E-state index in [1.54, 1.807) is 41.2 Å². The standard InChI is InChI=1S/C40H59NO2S3Si.C25H39S2Si.C14H17Br2NO2S.3CH3.F2.Sn/c1-9-15-18-28(12-4)23-41-39(42)34-27(8)45-36(35(34)40(41)43)31-22-33-38(46-31)37-32(21-26(7)44-37)47(33,24-29(13-5)19-16-10-2)25-30(14-6)20-17-11-3;1-6-10-12-20(8-3)17-28(18-21(9-4)13-11-7-2)22-14-15-26-24(22)25-23(28)16-19(5)27-25;1-3-5-6-8(4-2)7-17-13(18)9-10(14(17)19)12(16)20-11(9)15;;;;1-2;/h21-22,28-30H,9-20,23-25H2,1-8H3;14,16,20-21H,6-13,17-18H2,1-5H3;8H,3-7H2,1-2H3;3*1H3;;. The summed E-state index contributed by atoms with van der Waals surface area (Å²) in [4.78, 5) is 76.4. The fourth-order valence-corrected chi connectivity index (χ4v) is 47.4. The summed E-state index contributed by atoms with van der Waals surface area (Å²) < 4.78 is 19.3. The van der Waals surface area contributed by atoms with Gasteiger partial charge in [-0.25, -0.2) is 0 Å². The van der Waals surface area contributed by atoms with Gasteiger partial charge in [-0.15, -0.1) is 45.3 Å². The second-order valence-electron chi connectivity index (χ2n) is 31.2. The molecule has 562 valence electrons. The number of hydrogen-bond donors (Lipinski definition) is 0. The topological polar surface area (TPSA) is 74.8 Å². The largest absolute Gasteiger partial charge is 0 e. The van der Waals surface area contributed by atoms with Gasteiger partial charge in [0.25, 0.3) is 23.6 Å². The summed E-state index contributed by atoms with van der Waals surface area (Å²) in [5.41, 5.74) is 2.43. The van der Waals surface area contributed by atoms with Crippen LogP contribution in [0.5, 0.6) is 0 Å². The van der Waals surface area contributed by atoms with Gasteiger partial charge in [0, 0.05) is 46.6 Å². The first-order chi connectivity index (χ1) is 48.4. The first-order valence-corrected chi connectivity index (χ1v) is 60.7. The molecular formula is C82H124Br2F2N2O4S6Si2Sn. The SMILES string of the molecule is CCCCC(CC)CN1C(=O)c2c(Br)sc(Br)c2C1=O.CCCCC(CC)CN1C(=O)c2c(C)sc(-c3cc4c(s3)-c3sc(C)cc3[Si]4(CC(CC)CCCC)CC(CC)CCCC)c2C1=O.CCCCC(CC)C[Si]1(CC(CC)CCCC)c2cc(C)sc2-c2s[c]([Sn]([CH3])([CH3])[CH3])cc21.FF. The summed E-state index contributed by atoms with van der Waals surface area (Å²) in [5.74, 6) is 3.66. The maximum absolute atomic E-state index is 14.1. The molecule has 0 N–H and O–H groups in total. The number of unbranched alkanes of at least 4 members (excludes halogenated alkanes) is 6. The summed E-state index contributed by atoms with van der Waals surface area (Å²) in [6.45, 7) is 35.7. The molecule has 0 saturated carbocycles. The second kappa shape index (κ2) is 40.3. The first-order valence-electron chi connectivity index (χ1n) is 39.4. The van der Waals surface area contributed by atoms with E-state index in [2.05, 4.69) is 197 Å². The van der Waals surface area contributed by atoms with E-state index in [4.69, 9.17) is 9.15 Å². The van der Waals surface area contributed by atoms with E-state index in [0.717, 1.165) is 92.4 Å². The molecule has 101 heavy (non-hydrogen) atoms. The van der Waals surface area contributed by atoms with Crippen molar-refractivity contribution in [3.05, 3.63) is 68.7 Å². The van der Waals surface area contributed by atoms with Crippen LogP contribution in [0.1, 0.15) is 293 Å². The number of rotatable bonds is 38. The molecule has 6 aromatic heterocycles. The molecule has 6 atom stereocenters. The Kier molecular flexibility index (Phi) is 34.6. The van der Waals surface area contributed by atoms with Gasteiger partial charge in [0.15, 0.2) is 0 Å². The molecule has 4 aliphatic rings. The van der Waals surface area contributed by atoms with Crippen LogP contribution in [-0.2, 0) is 0 Å². The van der Waals surface area contributed by atoms with Crippen molar-refractivity contribution in [2.24, 2.45) is 35.5 Å². The maximum Gasteiger partial charge on any atom is 0 e. The number of fused-ring (bicyclic) bond motifs is 8. The quantitative estimate of drug-likeness (QED) is 0.0286. The number of nitrogens with zero attached hydrogens (tertiary/aromatic N) is 2. The van der Waals surface area contributed by atoms with E-state index >= 15 is 0 Å². The van der Waals surface area contributed by atoms with Crippen LogP contribution in [0.15, 0.2) is 31.8 Å². The fraction of sp³-hybridized carbons (Fsp3) is 0.659. The number of hydrogen-bond acceptors (Lipinski definition) is 10. The van der Waals surface area contributed by atoms with Crippen molar-refractivity contribution in [2.75, 3.05) is 13.1 Å². The van der Waals surface area contributed by atoms with Crippen LogP contribution in [0.3, 0.4) is 0 Å². The maximum atomic E-state index is 14.1. The number of carbonyl (C=O) groups excluding carboxylic acids is 4. The normalized spacial score (nSPS) is 18.3. The Hall–Kier alpha value is -1.47. The van der Waals surface area contributed by atoms with Crippen LogP contribution in [-0.4, -0.2) is 81.0 Å². The predicted molar refractivity (Wildman–Crippen MR) is 458 cm³/mol. The summed E-state index contributed by atoms with van der Waals surface area (Å²) in [6.07, 6.45) is 30.2. The number of halogens is 4. The summed E-state index contributed by atoms with van der Waals surface area (Å²) in [7, 11) is -3.80. The van der Waals surface area contributed by atoms with Gasteiger partial charge in [0.1, 0.15) is 8.07 Å². The van der Waals surface area contributed by atoms with Gasteiger partial charge in [0.05, 0.1) is 34.7 Å². The first kappa shape index (κ1) is 86.8. The summed E-state index contributed by atoms with van der Waals surface area (Å²) in [6, 6.07) is 16.3. The molecule has 10 heterocycles. The van der Waals surface area contributed by atoms with Crippen molar-refractivity contribution < 1.29 is 28.3 Å². The Balaban J connectivity index is 0.000000228. The van der Waals surface area contributed by atoms with Gasteiger partial charge >= 0.3 is 214 Å². The van der Waals surface area contributed by atoms with Crippen LogP contribution in [0.4, 0.5) is 9.15 Å². The zero-order valence-corrected chi connectivity index (χ0v) is 77.9. The van der Waals surface area contributed by atoms with Crippen LogP contribution in [0.25, 0.3) is 29.3 Å². The van der Waals surface area contributed by atoms with E-state index in [1.807, 2.05) is 35.9 Å². The molecule has 0 saturated heterocycles. The third kappa shape index (κ3) is 19.6. The molecule has 0 fully saturated rings. The van der Waals surface area contributed by atoms with Gasteiger partial charge < -0.3 is 0 Å². The minimum absolute atomic E-state index is 0.0553. The van der Waals surface area contributed by atoms with Crippen molar-refractivity contribution in [1.29, 1.82) is 0 Å². The number of imide groups is 2. The monoisotopic (exact) mass is 1760 g/mol. The molecule has 0 radical (unpaired) electrons. The fourth-order valence-electron chi connectivity index (χ4n) is 16.8. The molecule has 4 aliphatic heterocycles. The predicted octanol–water partition coefficient (Wildman–Crippen LogP) is 26.5. The van der Waals surface area contributed by atoms with Gasteiger partial charge in [-0.3, -0.25) is 29.0 Å². The number of amides is 4. The van der Waals surface area contributed by atoms with Crippen LogP contribution in [0.2, 0.25) is 39.0 Å². The smallest absolute Gasteiger partial charge is 0 e. The van der Waals surface area contributed by atoms with Crippen molar-refractivity contribution in [3.63, 3.8) is 0 Å². The molecule has 19 heteroatoms. The van der Waals surface area contributed by atoms with E-state index < -0.39 is 34.5 Å². The molecule has 0 spiro atoms. The molecule has 0 bridgehead atoms. The van der Waals surface area contributed by atoms with E-state index in [9.17, 15) is 19.2 Å². The van der Waals surface area contributed by atoms with Gasteiger partial charge in [-0.05, 0) is 117 Å². The second-order valence-corrected chi connectivity index (χ2v) is 64.2.